The van der Waals surface area contributed by atoms with Gasteiger partial charge in [-0.3, -0.25) is 9.59 Å². The second-order valence-corrected chi connectivity index (χ2v) is 30.6. The fourth-order valence-corrected chi connectivity index (χ4v) is 14.3. The van der Waals surface area contributed by atoms with Crippen LogP contribution in [0.25, 0.3) is 0 Å². The fraction of sp³-hybridized carbons (Fsp3) is 0.933. The number of unbranched alkanes of at least 4 members (excludes halogenated alkanes) is 71. The average Bonchev–Trinajstić information content (AvgIpc) is 3.54. The molecule has 2 atom stereocenters. The van der Waals surface area contributed by atoms with Crippen LogP contribution < -0.4 is 5.32 Å². The first-order valence-electron chi connectivity index (χ1n) is 44.1. The molecule has 0 fully saturated rings. The van der Waals surface area contributed by atoms with Crippen molar-refractivity contribution >= 4 is 11.9 Å². The summed E-state index contributed by atoms with van der Waals surface area (Å²) < 4.78 is 5.52. The van der Waals surface area contributed by atoms with Crippen LogP contribution in [0.3, 0.4) is 0 Å². The van der Waals surface area contributed by atoms with Crippen molar-refractivity contribution in [2.24, 2.45) is 0 Å². The summed E-state index contributed by atoms with van der Waals surface area (Å²) in [6.07, 6.45) is 111. The maximum atomic E-state index is 12.6. The van der Waals surface area contributed by atoms with E-state index in [1.54, 1.807) is 6.08 Å². The van der Waals surface area contributed by atoms with Crippen LogP contribution in [-0.4, -0.2) is 47.4 Å². The van der Waals surface area contributed by atoms with E-state index in [1.165, 1.54) is 443 Å². The van der Waals surface area contributed by atoms with E-state index in [9.17, 15) is 19.8 Å². The van der Waals surface area contributed by atoms with Gasteiger partial charge in [0.05, 0.1) is 25.4 Å². The van der Waals surface area contributed by atoms with E-state index < -0.39 is 12.1 Å². The number of carbonyl (C=O) groups excluding carboxylic acids is 2. The van der Waals surface area contributed by atoms with Gasteiger partial charge in [-0.2, -0.15) is 0 Å². The van der Waals surface area contributed by atoms with Gasteiger partial charge in [0.25, 0.3) is 0 Å². The second kappa shape index (κ2) is 84.8. The summed E-state index contributed by atoms with van der Waals surface area (Å²) in [5.41, 5.74) is 0. The van der Waals surface area contributed by atoms with Gasteiger partial charge in [-0.1, -0.05) is 462 Å². The molecule has 0 saturated heterocycles. The number of esters is 1. The molecule has 0 radical (unpaired) electrons. The lowest BCUT2D eigenvalue weighted by atomic mass is 10.0. The Bertz CT molecular complexity index is 1500. The van der Waals surface area contributed by atoms with Crippen LogP contribution in [0.2, 0.25) is 0 Å². The van der Waals surface area contributed by atoms with Crippen LogP contribution in [0.15, 0.2) is 24.3 Å². The van der Waals surface area contributed by atoms with Gasteiger partial charge in [-0.15, -0.1) is 0 Å². The summed E-state index contributed by atoms with van der Waals surface area (Å²) in [5, 5.41) is 23.3. The Morgan fingerprint density at radius 2 is 0.495 bits per heavy atom. The van der Waals surface area contributed by atoms with E-state index in [2.05, 4.69) is 31.3 Å². The molecule has 0 aromatic heterocycles. The van der Waals surface area contributed by atoms with Gasteiger partial charge in [0.1, 0.15) is 0 Å². The summed E-state index contributed by atoms with van der Waals surface area (Å²) >= 11 is 0. The summed E-state index contributed by atoms with van der Waals surface area (Å²) in [6.45, 7) is 4.97. The van der Waals surface area contributed by atoms with Crippen molar-refractivity contribution in [2.45, 2.75) is 520 Å². The maximum Gasteiger partial charge on any atom is 0.305 e. The number of aliphatic hydroxyl groups excluding tert-OH is 2. The lowest BCUT2D eigenvalue weighted by molar-refractivity contribution is -0.143. The highest BCUT2D eigenvalue weighted by molar-refractivity contribution is 5.76. The fourth-order valence-electron chi connectivity index (χ4n) is 14.3. The number of allylic oxidation sites excluding steroid dienone is 3. The number of hydrogen-bond donors (Lipinski definition) is 3. The van der Waals surface area contributed by atoms with Gasteiger partial charge >= 0.3 is 5.97 Å². The Morgan fingerprint density at radius 3 is 0.747 bits per heavy atom. The van der Waals surface area contributed by atoms with Crippen molar-refractivity contribution in [3.8, 4) is 0 Å². The number of carbonyl (C=O) groups is 2. The highest BCUT2D eigenvalue weighted by atomic mass is 16.5. The highest BCUT2D eigenvalue weighted by Crippen LogP contribution is 2.21. The van der Waals surface area contributed by atoms with E-state index in [1.807, 2.05) is 6.08 Å². The number of aliphatic hydroxyl groups is 2. The van der Waals surface area contributed by atoms with Crippen LogP contribution in [-0.2, 0) is 14.3 Å². The Kier molecular flexibility index (Phi) is 83.3. The van der Waals surface area contributed by atoms with Gasteiger partial charge in [-0.25, -0.2) is 0 Å². The average molecular weight is 1340 g/mol. The molecule has 0 spiro atoms. The molecule has 0 saturated carbocycles. The topological polar surface area (TPSA) is 95.9 Å². The molecule has 0 rings (SSSR count). The molecule has 95 heavy (non-hydrogen) atoms. The highest BCUT2D eigenvalue weighted by Gasteiger charge is 2.18. The van der Waals surface area contributed by atoms with Crippen molar-refractivity contribution in [1.29, 1.82) is 0 Å². The quantitative estimate of drug-likeness (QED) is 0.0320. The molecule has 0 bridgehead atoms. The van der Waals surface area contributed by atoms with Crippen molar-refractivity contribution in [3.05, 3.63) is 24.3 Å². The van der Waals surface area contributed by atoms with E-state index in [4.69, 9.17) is 4.74 Å². The number of amides is 1. The molecule has 0 aliphatic rings. The van der Waals surface area contributed by atoms with E-state index >= 15 is 0 Å². The molecular formula is C89H173NO5. The maximum absolute atomic E-state index is 12.6. The minimum atomic E-state index is -0.843. The Balaban J connectivity index is 3.34. The molecule has 0 heterocycles. The van der Waals surface area contributed by atoms with Gasteiger partial charge < -0.3 is 20.3 Å². The first kappa shape index (κ1) is 93.3. The molecule has 1 amide bonds. The molecule has 6 nitrogen and oxygen atoms in total. The van der Waals surface area contributed by atoms with Crippen molar-refractivity contribution in [1.82, 2.24) is 5.32 Å². The molecule has 0 aromatic rings. The third-order valence-electron chi connectivity index (χ3n) is 21.0. The zero-order valence-electron chi connectivity index (χ0n) is 64.9. The Morgan fingerprint density at radius 1 is 0.284 bits per heavy atom. The summed E-state index contributed by atoms with van der Waals surface area (Å²) in [5.74, 6) is -0.0316. The van der Waals surface area contributed by atoms with Crippen LogP contribution in [0, 0.1) is 0 Å². The molecule has 564 valence electrons. The van der Waals surface area contributed by atoms with Crippen LogP contribution in [0.4, 0.5) is 0 Å². The number of ether oxygens (including phenoxy) is 1. The van der Waals surface area contributed by atoms with Gasteiger partial charge in [0, 0.05) is 12.8 Å². The van der Waals surface area contributed by atoms with Crippen LogP contribution in [0.5, 0.6) is 0 Å². The van der Waals surface area contributed by atoms with Crippen LogP contribution >= 0.6 is 0 Å². The van der Waals surface area contributed by atoms with E-state index in [0.717, 1.165) is 38.5 Å². The lowest BCUT2D eigenvalue weighted by Crippen LogP contribution is -2.45. The molecule has 2 unspecified atom stereocenters. The summed E-state index contributed by atoms with van der Waals surface area (Å²) in [4.78, 5) is 24.7. The first-order chi connectivity index (χ1) is 47.0. The first-order valence-corrected chi connectivity index (χ1v) is 44.1. The third kappa shape index (κ3) is 81.2. The summed E-state index contributed by atoms with van der Waals surface area (Å²) in [6, 6.07) is -0.626. The molecule has 6 heteroatoms. The standard InChI is InChI=1S/C89H173NO5/c1-3-5-7-9-11-13-15-17-19-21-22-23-24-40-43-46-50-53-57-61-65-69-73-77-81-87(92)86(85-91)90-88(93)82-78-74-70-66-62-58-54-51-47-44-41-38-36-34-32-30-28-26-25-27-29-31-33-35-37-39-42-45-48-52-56-60-64-68-72-76-80-84-95-89(94)83-79-75-71-67-63-59-55-49-20-18-16-14-12-10-8-6-4-2/h25,27,77,81,86-87,91-92H,3-24,26,28-76,78-80,82-85H2,1-2H3,(H,90,93)/b27-25-,81-77+. The predicted molar refractivity (Wildman–Crippen MR) is 421 cm³/mol. The van der Waals surface area contributed by atoms with Gasteiger partial charge in [0.15, 0.2) is 0 Å². The smallest absolute Gasteiger partial charge is 0.305 e. The zero-order chi connectivity index (χ0) is 68.4. The van der Waals surface area contributed by atoms with Gasteiger partial charge in [0.2, 0.25) is 5.91 Å². The Hall–Kier alpha value is -1.66. The molecule has 0 aromatic carbocycles. The molecule has 0 aliphatic carbocycles. The number of nitrogens with one attached hydrogen (secondary N) is 1. The number of hydrogen-bond acceptors (Lipinski definition) is 5. The molecule has 0 aliphatic heterocycles. The summed E-state index contributed by atoms with van der Waals surface area (Å²) in [7, 11) is 0. The van der Waals surface area contributed by atoms with Crippen LogP contribution in [0.1, 0.15) is 508 Å². The van der Waals surface area contributed by atoms with Crippen molar-refractivity contribution < 1.29 is 24.5 Å². The zero-order valence-corrected chi connectivity index (χ0v) is 64.9. The third-order valence-corrected chi connectivity index (χ3v) is 21.0. The normalized spacial score (nSPS) is 12.5. The van der Waals surface area contributed by atoms with Crippen molar-refractivity contribution in [3.63, 3.8) is 0 Å². The monoisotopic (exact) mass is 1340 g/mol. The second-order valence-electron chi connectivity index (χ2n) is 30.6. The molecule has 3 N–H and O–H groups in total. The number of rotatable bonds is 84. The largest absolute Gasteiger partial charge is 0.466 e. The van der Waals surface area contributed by atoms with E-state index in [0.29, 0.717) is 19.4 Å². The Labute approximate surface area is 596 Å². The van der Waals surface area contributed by atoms with Gasteiger partial charge in [-0.05, 0) is 57.8 Å². The minimum Gasteiger partial charge on any atom is -0.466 e. The van der Waals surface area contributed by atoms with E-state index in [-0.39, 0.29) is 18.5 Å². The minimum absolute atomic E-state index is 0.0265. The predicted octanol–water partition coefficient (Wildman–Crippen LogP) is 29.6. The molecular weight excluding hydrogens is 1160 g/mol. The SMILES string of the molecule is CCCCCCCCCCCCCCCCCCCCCCCC/C=C/C(O)C(CO)NC(=O)CCCCCCCCCCCCCCCCCCC/C=C\CCCCCCCCCCCCCCCCCCOC(=O)CCCCCCCCCCCCCCCCCCC. The lowest BCUT2D eigenvalue weighted by Gasteiger charge is -2.20. The van der Waals surface area contributed by atoms with Crippen molar-refractivity contribution in [2.75, 3.05) is 13.2 Å².